The fourth-order valence-corrected chi connectivity index (χ4v) is 3.09. The lowest BCUT2D eigenvalue weighted by molar-refractivity contribution is 0.0858. The lowest BCUT2D eigenvalue weighted by Gasteiger charge is -2.24. The predicted octanol–water partition coefficient (Wildman–Crippen LogP) is 4.82. The second-order valence-corrected chi connectivity index (χ2v) is 5.78. The zero-order chi connectivity index (χ0) is 14.2. The van der Waals surface area contributed by atoms with Crippen molar-refractivity contribution in [1.82, 2.24) is 4.98 Å². The summed E-state index contributed by atoms with van der Waals surface area (Å²) in [5, 5.41) is 1.05. The lowest BCUT2D eigenvalue weighted by Crippen LogP contribution is -2.22. The smallest absolute Gasteiger partial charge is 0.168 e. The first-order valence-corrected chi connectivity index (χ1v) is 7.55. The van der Waals surface area contributed by atoms with Crippen LogP contribution in [0.15, 0.2) is 54.6 Å². The molecule has 1 fully saturated rings. The number of fused-ring (bicyclic) bond motifs is 1. The van der Waals surface area contributed by atoms with Crippen molar-refractivity contribution in [1.29, 1.82) is 0 Å². The van der Waals surface area contributed by atoms with Gasteiger partial charge in [0, 0.05) is 16.8 Å². The van der Waals surface area contributed by atoms with Crippen molar-refractivity contribution < 1.29 is 4.79 Å². The van der Waals surface area contributed by atoms with Crippen LogP contribution in [0, 0.1) is 5.92 Å². The molecule has 0 spiro atoms. The van der Waals surface area contributed by atoms with Crippen LogP contribution in [0.2, 0.25) is 0 Å². The van der Waals surface area contributed by atoms with Gasteiger partial charge in [-0.15, -0.1) is 0 Å². The minimum atomic E-state index is 0.215. The Labute approximate surface area is 123 Å². The van der Waals surface area contributed by atoms with E-state index in [1.54, 1.807) is 0 Å². The van der Waals surface area contributed by atoms with Gasteiger partial charge in [0.2, 0.25) is 0 Å². The lowest BCUT2D eigenvalue weighted by atomic mass is 9.79. The summed E-state index contributed by atoms with van der Waals surface area (Å²) in [6, 6.07) is 18.2. The molecule has 0 saturated heterocycles. The minimum absolute atomic E-state index is 0.215. The fourth-order valence-electron chi connectivity index (χ4n) is 3.09. The quantitative estimate of drug-likeness (QED) is 0.683. The number of benzene rings is 2. The van der Waals surface area contributed by atoms with Gasteiger partial charge in [-0.2, -0.15) is 0 Å². The third-order valence-corrected chi connectivity index (χ3v) is 4.49. The number of aromatic nitrogens is 1. The Balaban J connectivity index is 1.95. The number of aromatic amines is 1. The summed E-state index contributed by atoms with van der Waals surface area (Å²) in [6.45, 7) is 0. The van der Waals surface area contributed by atoms with E-state index in [1.165, 1.54) is 6.42 Å². The first kappa shape index (κ1) is 12.4. The molecule has 2 nitrogen and oxygen atoms in total. The second kappa shape index (κ2) is 4.88. The van der Waals surface area contributed by atoms with Crippen LogP contribution >= 0.6 is 0 Å². The SMILES string of the molecule is O=C(c1c(-c2ccccc2)[nH]c2ccccc12)C1CCC1. The fraction of sp³-hybridized carbons (Fsp3) is 0.211. The number of Topliss-reactive ketones (excluding diaryl/α,β-unsaturated/α-hetero) is 1. The van der Waals surface area contributed by atoms with Crippen LogP contribution in [-0.4, -0.2) is 10.8 Å². The zero-order valence-corrected chi connectivity index (χ0v) is 11.8. The number of para-hydroxylation sites is 1. The molecular formula is C19H17NO. The maximum atomic E-state index is 12.9. The van der Waals surface area contributed by atoms with Crippen LogP contribution in [0.25, 0.3) is 22.2 Å². The molecule has 2 heteroatoms. The molecule has 21 heavy (non-hydrogen) atoms. The monoisotopic (exact) mass is 275 g/mol. The van der Waals surface area contributed by atoms with Crippen LogP contribution in [0.1, 0.15) is 29.6 Å². The molecule has 1 aliphatic rings. The van der Waals surface area contributed by atoms with E-state index in [4.69, 9.17) is 0 Å². The average Bonchev–Trinajstić information content (AvgIpc) is 2.85. The predicted molar refractivity (Wildman–Crippen MR) is 85.4 cm³/mol. The number of carbonyl (C=O) groups excluding carboxylic acids is 1. The van der Waals surface area contributed by atoms with Crippen molar-refractivity contribution in [2.75, 3.05) is 0 Å². The summed E-state index contributed by atoms with van der Waals surface area (Å²) >= 11 is 0. The molecule has 0 unspecified atom stereocenters. The summed E-state index contributed by atoms with van der Waals surface area (Å²) < 4.78 is 0. The first-order valence-electron chi connectivity index (χ1n) is 7.55. The molecule has 0 amide bonds. The van der Waals surface area contributed by atoms with Gasteiger partial charge in [-0.1, -0.05) is 55.0 Å². The van der Waals surface area contributed by atoms with Crippen molar-refractivity contribution in [3.8, 4) is 11.3 Å². The standard InChI is InChI=1S/C19H17NO/c21-19(14-9-6-10-14)17-15-11-4-5-12-16(15)20-18(17)13-7-2-1-3-8-13/h1-5,7-8,11-12,14,20H,6,9-10H2. The molecule has 104 valence electrons. The molecule has 0 aliphatic heterocycles. The summed E-state index contributed by atoms with van der Waals surface area (Å²) in [6.07, 6.45) is 3.25. The van der Waals surface area contributed by atoms with E-state index in [2.05, 4.69) is 17.1 Å². The van der Waals surface area contributed by atoms with Crippen molar-refractivity contribution in [2.24, 2.45) is 5.92 Å². The van der Waals surface area contributed by atoms with Gasteiger partial charge in [0.1, 0.15) is 0 Å². The molecule has 0 bridgehead atoms. The number of hydrogen-bond donors (Lipinski definition) is 1. The summed E-state index contributed by atoms with van der Waals surface area (Å²) in [4.78, 5) is 16.3. The Morgan fingerprint density at radius 3 is 2.38 bits per heavy atom. The average molecular weight is 275 g/mol. The molecule has 1 heterocycles. The van der Waals surface area contributed by atoms with Crippen molar-refractivity contribution >= 4 is 16.7 Å². The Kier molecular flexibility index (Phi) is 2.88. The van der Waals surface area contributed by atoms with E-state index in [-0.39, 0.29) is 5.92 Å². The van der Waals surface area contributed by atoms with Gasteiger partial charge in [0.25, 0.3) is 0 Å². The molecule has 0 atom stereocenters. The Morgan fingerprint density at radius 1 is 0.952 bits per heavy atom. The van der Waals surface area contributed by atoms with E-state index in [9.17, 15) is 4.79 Å². The molecule has 3 aromatic rings. The molecule has 0 radical (unpaired) electrons. The third-order valence-electron chi connectivity index (χ3n) is 4.49. The number of H-pyrrole nitrogens is 1. The van der Waals surface area contributed by atoms with E-state index in [1.807, 2.05) is 42.5 Å². The van der Waals surface area contributed by atoms with Gasteiger partial charge in [-0.3, -0.25) is 4.79 Å². The van der Waals surface area contributed by atoms with E-state index >= 15 is 0 Å². The van der Waals surface area contributed by atoms with Crippen LogP contribution in [0.3, 0.4) is 0 Å². The van der Waals surface area contributed by atoms with Gasteiger partial charge in [-0.05, 0) is 24.5 Å². The van der Waals surface area contributed by atoms with Gasteiger partial charge in [-0.25, -0.2) is 0 Å². The Bertz CT molecular complexity index is 797. The zero-order valence-electron chi connectivity index (χ0n) is 11.8. The van der Waals surface area contributed by atoms with E-state index in [0.717, 1.165) is 40.6 Å². The normalized spacial score (nSPS) is 15.0. The molecule has 1 saturated carbocycles. The Morgan fingerprint density at radius 2 is 1.67 bits per heavy atom. The van der Waals surface area contributed by atoms with E-state index in [0.29, 0.717) is 5.78 Å². The molecule has 1 N–H and O–H groups in total. The molecule has 4 rings (SSSR count). The number of rotatable bonds is 3. The molecule has 2 aromatic carbocycles. The number of ketones is 1. The number of carbonyl (C=O) groups is 1. The van der Waals surface area contributed by atoms with Crippen LogP contribution in [0.4, 0.5) is 0 Å². The highest BCUT2D eigenvalue weighted by Crippen LogP contribution is 2.37. The molecule has 1 aliphatic carbocycles. The largest absolute Gasteiger partial charge is 0.354 e. The van der Waals surface area contributed by atoms with Crippen molar-refractivity contribution in [3.63, 3.8) is 0 Å². The van der Waals surface area contributed by atoms with Crippen LogP contribution in [0.5, 0.6) is 0 Å². The van der Waals surface area contributed by atoms with Crippen LogP contribution < -0.4 is 0 Å². The summed E-state index contributed by atoms with van der Waals surface area (Å²) in [7, 11) is 0. The topological polar surface area (TPSA) is 32.9 Å². The summed E-state index contributed by atoms with van der Waals surface area (Å²) in [5.41, 5.74) is 3.96. The number of nitrogens with one attached hydrogen (secondary N) is 1. The van der Waals surface area contributed by atoms with Crippen molar-refractivity contribution in [2.45, 2.75) is 19.3 Å². The Hall–Kier alpha value is -2.35. The molecular weight excluding hydrogens is 258 g/mol. The highest BCUT2D eigenvalue weighted by Gasteiger charge is 2.30. The van der Waals surface area contributed by atoms with Crippen molar-refractivity contribution in [3.05, 3.63) is 60.2 Å². The minimum Gasteiger partial charge on any atom is -0.354 e. The second-order valence-electron chi connectivity index (χ2n) is 5.78. The highest BCUT2D eigenvalue weighted by atomic mass is 16.1. The molecule has 1 aromatic heterocycles. The van der Waals surface area contributed by atoms with Gasteiger partial charge in [0.15, 0.2) is 5.78 Å². The maximum Gasteiger partial charge on any atom is 0.168 e. The third kappa shape index (κ3) is 1.99. The van der Waals surface area contributed by atoms with Gasteiger partial charge < -0.3 is 4.98 Å². The first-order chi connectivity index (χ1) is 10.3. The highest BCUT2D eigenvalue weighted by molar-refractivity contribution is 6.14. The summed E-state index contributed by atoms with van der Waals surface area (Å²) in [5.74, 6) is 0.518. The maximum absolute atomic E-state index is 12.9. The van der Waals surface area contributed by atoms with Gasteiger partial charge in [0.05, 0.1) is 11.3 Å². The van der Waals surface area contributed by atoms with E-state index < -0.39 is 0 Å². The van der Waals surface area contributed by atoms with Gasteiger partial charge >= 0.3 is 0 Å². The number of hydrogen-bond acceptors (Lipinski definition) is 1. The van der Waals surface area contributed by atoms with Crippen LogP contribution in [-0.2, 0) is 0 Å².